The van der Waals surface area contributed by atoms with Gasteiger partial charge in [-0.15, -0.1) is 0 Å². The summed E-state index contributed by atoms with van der Waals surface area (Å²) >= 11 is 0. The van der Waals surface area contributed by atoms with Gasteiger partial charge in [0.25, 0.3) is 5.91 Å². The Kier molecular flexibility index (Phi) is 6.49. The minimum atomic E-state index is -5.14. The van der Waals surface area contributed by atoms with Crippen molar-refractivity contribution in [1.82, 2.24) is 10.2 Å². The molecule has 0 saturated heterocycles. The standard InChI is InChI=1S/C26H22F3N3O2/c27-26(28,29)25(30-22(33)18-20-12-6-2-7-13-20)24(34)32(17-16-19-10-4-1-5-11-19)23(31-25)21-14-8-3-9-15-21/h1-15H,16-18H2,(H,30,33). The summed E-state index contributed by atoms with van der Waals surface area (Å²) in [6.45, 7) is -0.0248. The van der Waals surface area contributed by atoms with E-state index in [4.69, 9.17) is 0 Å². The number of amides is 2. The lowest BCUT2D eigenvalue weighted by atomic mass is 10.1. The molecule has 174 valence electrons. The number of carbonyl (C=O) groups excluding carboxylic acids is 2. The number of carbonyl (C=O) groups is 2. The summed E-state index contributed by atoms with van der Waals surface area (Å²) < 4.78 is 43.3. The molecule has 1 heterocycles. The van der Waals surface area contributed by atoms with E-state index in [2.05, 4.69) is 4.99 Å². The van der Waals surface area contributed by atoms with Crippen molar-refractivity contribution < 1.29 is 22.8 Å². The zero-order valence-electron chi connectivity index (χ0n) is 18.1. The second-order valence-corrected chi connectivity index (χ2v) is 7.91. The summed E-state index contributed by atoms with van der Waals surface area (Å²) in [7, 11) is 0. The molecule has 5 nitrogen and oxygen atoms in total. The van der Waals surface area contributed by atoms with Crippen LogP contribution in [0.15, 0.2) is 96.0 Å². The van der Waals surface area contributed by atoms with E-state index in [1.54, 1.807) is 60.7 Å². The zero-order chi connectivity index (χ0) is 24.2. The maximum atomic E-state index is 14.4. The van der Waals surface area contributed by atoms with Crippen LogP contribution in [0, 0.1) is 0 Å². The Labute approximate surface area is 194 Å². The molecule has 0 fully saturated rings. The molecule has 3 aromatic rings. The number of hydrogen-bond donors (Lipinski definition) is 1. The largest absolute Gasteiger partial charge is 0.442 e. The highest BCUT2D eigenvalue weighted by Gasteiger charge is 2.67. The van der Waals surface area contributed by atoms with Crippen LogP contribution in [-0.4, -0.2) is 40.9 Å². The number of benzene rings is 3. The lowest BCUT2D eigenvalue weighted by Gasteiger charge is -2.29. The number of aliphatic imine (C=N–C) groups is 1. The maximum absolute atomic E-state index is 14.4. The third-order valence-corrected chi connectivity index (χ3v) is 5.52. The van der Waals surface area contributed by atoms with Crippen molar-refractivity contribution in [1.29, 1.82) is 0 Å². The topological polar surface area (TPSA) is 61.8 Å². The molecule has 0 saturated carbocycles. The molecule has 0 aromatic heterocycles. The average Bonchev–Trinajstić information content (AvgIpc) is 3.12. The number of nitrogens with one attached hydrogen (secondary N) is 1. The smallest absolute Gasteiger partial charge is 0.316 e. The van der Waals surface area contributed by atoms with Gasteiger partial charge >= 0.3 is 11.8 Å². The second-order valence-electron chi connectivity index (χ2n) is 7.91. The lowest BCUT2D eigenvalue weighted by molar-refractivity contribution is -0.200. The molecule has 3 aromatic carbocycles. The van der Waals surface area contributed by atoms with Crippen LogP contribution in [0.2, 0.25) is 0 Å². The first-order chi connectivity index (χ1) is 16.3. The maximum Gasteiger partial charge on any atom is 0.442 e. The van der Waals surface area contributed by atoms with E-state index in [-0.39, 0.29) is 18.8 Å². The van der Waals surface area contributed by atoms with Gasteiger partial charge in [0.15, 0.2) is 0 Å². The number of halogens is 3. The highest BCUT2D eigenvalue weighted by Crippen LogP contribution is 2.38. The van der Waals surface area contributed by atoms with Gasteiger partial charge in [-0.05, 0) is 17.5 Å². The molecule has 1 unspecified atom stereocenters. The van der Waals surface area contributed by atoms with Gasteiger partial charge in [-0.1, -0.05) is 91.0 Å². The summed E-state index contributed by atoms with van der Waals surface area (Å²) in [5.74, 6) is -2.40. The van der Waals surface area contributed by atoms with Gasteiger partial charge in [0, 0.05) is 12.1 Å². The number of hydrogen-bond acceptors (Lipinski definition) is 3. The first kappa shape index (κ1) is 23.2. The Morgan fingerprint density at radius 1 is 0.853 bits per heavy atom. The van der Waals surface area contributed by atoms with E-state index in [0.29, 0.717) is 17.5 Å². The molecular formula is C26H22F3N3O2. The monoisotopic (exact) mass is 465 g/mol. The van der Waals surface area contributed by atoms with Crippen LogP contribution in [0.1, 0.15) is 16.7 Å². The molecular weight excluding hydrogens is 443 g/mol. The van der Waals surface area contributed by atoms with Gasteiger partial charge in [-0.3, -0.25) is 14.5 Å². The van der Waals surface area contributed by atoms with E-state index < -0.39 is 23.7 Å². The predicted molar refractivity (Wildman–Crippen MR) is 122 cm³/mol. The molecule has 1 aliphatic heterocycles. The van der Waals surface area contributed by atoms with Crippen LogP contribution in [0.3, 0.4) is 0 Å². The quantitative estimate of drug-likeness (QED) is 0.570. The van der Waals surface area contributed by atoms with Gasteiger partial charge in [0.05, 0.1) is 6.42 Å². The highest BCUT2D eigenvalue weighted by molar-refractivity contribution is 6.16. The molecule has 1 N–H and O–H groups in total. The molecule has 2 amide bonds. The molecule has 0 bridgehead atoms. The van der Waals surface area contributed by atoms with Crippen LogP contribution < -0.4 is 5.32 Å². The fourth-order valence-corrected chi connectivity index (χ4v) is 3.82. The zero-order valence-corrected chi connectivity index (χ0v) is 18.1. The molecule has 1 atom stereocenters. The first-order valence-electron chi connectivity index (χ1n) is 10.7. The Bertz CT molecular complexity index is 1180. The molecule has 34 heavy (non-hydrogen) atoms. The van der Waals surface area contributed by atoms with E-state index in [0.717, 1.165) is 10.5 Å². The first-order valence-corrected chi connectivity index (χ1v) is 10.7. The van der Waals surface area contributed by atoms with Gasteiger partial charge in [0.1, 0.15) is 5.84 Å². The summed E-state index contributed by atoms with van der Waals surface area (Å²) in [5, 5.41) is 1.92. The Balaban J connectivity index is 1.69. The van der Waals surface area contributed by atoms with Crippen LogP contribution >= 0.6 is 0 Å². The van der Waals surface area contributed by atoms with Crippen LogP contribution in [0.5, 0.6) is 0 Å². The van der Waals surface area contributed by atoms with Crippen molar-refractivity contribution in [3.05, 3.63) is 108 Å². The van der Waals surface area contributed by atoms with Gasteiger partial charge in [-0.2, -0.15) is 13.2 Å². The number of nitrogens with zero attached hydrogens (tertiary/aromatic N) is 2. The fourth-order valence-electron chi connectivity index (χ4n) is 3.82. The lowest BCUT2D eigenvalue weighted by Crippen LogP contribution is -2.63. The second kappa shape index (κ2) is 9.51. The number of alkyl halides is 3. The predicted octanol–water partition coefficient (Wildman–Crippen LogP) is 4.14. The summed E-state index contributed by atoms with van der Waals surface area (Å²) in [6.07, 6.45) is -5.13. The minimum absolute atomic E-state index is 0.0248. The summed E-state index contributed by atoms with van der Waals surface area (Å²) in [6, 6.07) is 25.7. The molecule has 0 spiro atoms. The van der Waals surface area contributed by atoms with Crippen LogP contribution in [0.4, 0.5) is 13.2 Å². The Morgan fingerprint density at radius 3 is 1.94 bits per heavy atom. The number of rotatable bonds is 7. The minimum Gasteiger partial charge on any atom is -0.316 e. The van der Waals surface area contributed by atoms with Crippen molar-refractivity contribution in [2.45, 2.75) is 24.7 Å². The summed E-state index contributed by atoms with van der Waals surface area (Å²) in [4.78, 5) is 30.9. The van der Waals surface area contributed by atoms with Gasteiger partial charge < -0.3 is 5.32 Å². The molecule has 4 rings (SSSR count). The summed E-state index contributed by atoms with van der Waals surface area (Å²) in [5.41, 5.74) is -1.65. The van der Waals surface area contributed by atoms with E-state index in [9.17, 15) is 22.8 Å². The molecule has 8 heteroatoms. The third-order valence-electron chi connectivity index (χ3n) is 5.52. The van der Waals surface area contributed by atoms with Gasteiger partial charge in [0.2, 0.25) is 5.91 Å². The Morgan fingerprint density at radius 2 is 1.38 bits per heavy atom. The SMILES string of the molecule is O=C(Cc1ccccc1)NC1(C(F)(F)F)N=C(c2ccccc2)N(CCc2ccccc2)C1=O. The normalized spacial score (nSPS) is 18.0. The van der Waals surface area contributed by atoms with Gasteiger partial charge in [-0.25, -0.2) is 4.99 Å². The van der Waals surface area contributed by atoms with Crippen molar-refractivity contribution in [3.8, 4) is 0 Å². The molecule has 1 aliphatic rings. The molecule has 0 radical (unpaired) electrons. The van der Waals surface area contributed by atoms with Crippen molar-refractivity contribution in [2.75, 3.05) is 6.54 Å². The van der Waals surface area contributed by atoms with Crippen LogP contribution in [-0.2, 0) is 22.4 Å². The number of amidine groups is 1. The van der Waals surface area contributed by atoms with E-state index in [1.165, 1.54) is 0 Å². The van der Waals surface area contributed by atoms with Crippen LogP contribution in [0.25, 0.3) is 0 Å². The fraction of sp³-hybridized carbons (Fsp3) is 0.192. The van der Waals surface area contributed by atoms with Crippen molar-refractivity contribution in [2.24, 2.45) is 4.99 Å². The van der Waals surface area contributed by atoms with E-state index in [1.807, 2.05) is 35.6 Å². The van der Waals surface area contributed by atoms with E-state index >= 15 is 0 Å². The Hall–Kier alpha value is -3.94. The van der Waals surface area contributed by atoms with Crippen molar-refractivity contribution >= 4 is 17.6 Å². The average molecular weight is 465 g/mol. The molecule has 0 aliphatic carbocycles. The highest BCUT2D eigenvalue weighted by atomic mass is 19.4. The van der Waals surface area contributed by atoms with Crippen molar-refractivity contribution in [3.63, 3.8) is 0 Å². The third kappa shape index (κ3) is 4.71.